The van der Waals surface area contributed by atoms with E-state index >= 15 is 0 Å². The van der Waals surface area contributed by atoms with Gasteiger partial charge in [-0.15, -0.1) is 0 Å². The number of hydrogen-bond donors (Lipinski definition) is 1. The molecule has 4 heteroatoms. The minimum atomic E-state index is 0.120. The molecular weight excluding hydrogens is 250 g/mol. The molecule has 0 radical (unpaired) electrons. The van der Waals surface area contributed by atoms with Gasteiger partial charge in [0.1, 0.15) is 5.82 Å². The van der Waals surface area contributed by atoms with E-state index in [0.717, 1.165) is 44.7 Å². The number of nitrogens with zero attached hydrogens (tertiary/aromatic N) is 2. The molecule has 1 atom stereocenters. The zero-order valence-electron chi connectivity index (χ0n) is 12.6. The Morgan fingerprint density at radius 1 is 1.50 bits per heavy atom. The maximum Gasteiger partial charge on any atom is 0.257 e. The standard InChI is InChI=1S/C16H25N3O/c1-3-9-17-15-14(8-5-10-18-15)16(20)19-11-6-7-13(4-2)12-19/h5,8,10,13H,3-4,6-7,9,11-12H2,1-2H3,(H,17,18). The predicted octanol–water partition coefficient (Wildman–Crippen LogP) is 3.17. The Bertz CT molecular complexity index is 447. The van der Waals surface area contributed by atoms with Crippen LogP contribution in [0.5, 0.6) is 0 Å². The van der Waals surface area contributed by atoms with Gasteiger partial charge in [-0.2, -0.15) is 0 Å². The lowest BCUT2D eigenvalue weighted by Crippen LogP contribution is -2.40. The van der Waals surface area contributed by atoms with Gasteiger partial charge < -0.3 is 10.2 Å². The molecule has 2 heterocycles. The van der Waals surface area contributed by atoms with Gasteiger partial charge in [-0.1, -0.05) is 20.3 Å². The third-order valence-electron chi connectivity index (χ3n) is 3.96. The summed E-state index contributed by atoms with van der Waals surface area (Å²) in [6, 6.07) is 3.72. The highest BCUT2D eigenvalue weighted by Gasteiger charge is 2.25. The fourth-order valence-corrected chi connectivity index (χ4v) is 2.72. The van der Waals surface area contributed by atoms with E-state index in [1.54, 1.807) is 6.20 Å². The van der Waals surface area contributed by atoms with E-state index in [1.165, 1.54) is 6.42 Å². The van der Waals surface area contributed by atoms with Gasteiger partial charge in [0, 0.05) is 25.8 Å². The Morgan fingerprint density at radius 3 is 3.10 bits per heavy atom. The second kappa shape index (κ2) is 7.27. The number of carbonyl (C=O) groups excluding carboxylic acids is 1. The normalized spacial score (nSPS) is 18.9. The van der Waals surface area contributed by atoms with Crippen LogP contribution in [0.15, 0.2) is 18.3 Å². The molecule has 1 aromatic heterocycles. The first-order valence-corrected chi connectivity index (χ1v) is 7.74. The molecule has 1 unspecified atom stereocenters. The van der Waals surface area contributed by atoms with E-state index in [2.05, 4.69) is 24.1 Å². The highest BCUT2D eigenvalue weighted by Crippen LogP contribution is 2.22. The van der Waals surface area contributed by atoms with Crippen LogP contribution in [0.2, 0.25) is 0 Å². The summed E-state index contributed by atoms with van der Waals surface area (Å²) in [6.07, 6.45) is 6.26. The van der Waals surface area contributed by atoms with Crippen LogP contribution in [0.25, 0.3) is 0 Å². The van der Waals surface area contributed by atoms with E-state index in [9.17, 15) is 4.79 Å². The Morgan fingerprint density at radius 2 is 2.35 bits per heavy atom. The van der Waals surface area contributed by atoms with Crippen LogP contribution in [0, 0.1) is 5.92 Å². The minimum Gasteiger partial charge on any atom is -0.369 e. The molecule has 0 spiro atoms. The van der Waals surface area contributed by atoms with E-state index in [4.69, 9.17) is 0 Å². The van der Waals surface area contributed by atoms with Crippen molar-refractivity contribution in [1.29, 1.82) is 0 Å². The Kier molecular flexibility index (Phi) is 5.39. The zero-order chi connectivity index (χ0) is 14.4. The van der Waals surface area contributed by atoms with Crippen LogP contribution in [0.3, 0.4) is 0 Å². The van der Waals surface area contributed by atoms with Crippen molar-refractivity contribution in [3.8, 4) is 0 Å². The fraction of sp³-hybridized carbons (Fsp3) is 0.625. The Balaban J connectivity index is 2.11. The summed E-state index contributed by atoms with van der Waals surface area (Å²) in [5, 5.41) is 3.25. The summed E-state index contributed by atoms with van der Waals surface area (Å²) < 4.78 is 0. The smallest absolute Gasteiger partial charge is 0.257 e. The van der Waals surface area contributed by atoms with Crippen LogP contribution in [-0.2, 0) is 0 Å². The lowest BCUT2D eigenvalue weighted by atomic mass is 9.95. The molecular formula is C16H25N3O. The van der Waals surface area contributed by atoms with Crippen LogP contribution in [0.1, 0.15) is 49.9 Å². The predicted molar refractivity (Wildman–Crippen MR) is 81.9 cm³/mol. The second-order valence-electron chi connectivity index (χ2n) is 5.49. The van der Waals surface area contributed by atoms with Crippen LogP contribution >= 0.6 is 0 Å². The molecule has 1 saturated heterocycles. The van der Waals surface area contributed by atoms with Gasteiger partial charge in [-0.05, 0) is 37.3 Å². The van der Waals surface area contributed by atoms with Crippen molar-refractivity contribution >= 4 is 11.7 Å². The summed E-state index contributed by atoms with van der Waals surface area (Å²) in [4.78, 5) is 19.0. The summed E-state index contributed by atoms with van der Waals surface area (Å²) in [7, 11) is 0. The number of amides is 1. The van der Waals surface area contributed by atoms with Crippen LogP contribution < -0.4 is 5.32 Å². The molecule has 2 rings (SSSR count). The van der Waals surface area contributed by atoms with E-state index < -0.39 is 0 Å². The zero-order valence-corrected chi connectivity index (χ0v) is 12.6. The molecule has 1 amide bonds. The maximum absolute atomic E-state index is 12.7. The highest BCUT2D eigenvalue weighted by molar-refractivity contribution is 5.98. The number of likely N-dealkylation sites (tertiary alicyclic amines) is 1. The van der Waals surface area contributed by atoms with Crippen molar-refractivity contribution in [1.82, 2.24) is 9.88 Å². The number of carbonyl (C=O) groups is 1. The number of hydrogen-bond acceptors (Lipinski definition) is 3. The van der Waals surface area contributed by atoms with Crippen molar-refractivity contribution in [3.05, 3.63) is 23.9 Å². The molecule has 110 valence electrons. The van der Waals surface area contributed by atoms with Crippen molar-refractivity contribution < 1.29 is 4.79 Å². The molecule has 1 aliphatic rings. The van der Waals surface area contributed by atoms with E-state index in [0.29, 0.717) is 11.5 Å². The van der Waals surface area contributed by atoms with Crippen molar-refractivity contribution in [2.75, 3.05) is 25.0 Å². The molecule has 1 aliphatic heterocycles. The number of rotatable bonds is 5. The summed E-state index contributed by atoms with van der Waals surface area (Å²) in [5.74, 6) is 1.49. The molecule has 0 aromatic carbocycles. The first-order chi connectivity index (χ1) is 9.76. The van der Waals surface area contributed by atoms with Crippen LogP contribution in [-0.4, -0.2) is 35.4 Å². The first kappa shape index (κ1) is 14.8. The Labute approximate surface area is 121 Å². The van der Waals surface area contributed by atoms with Gasteiger partial charge in [0.2, 0.25) is 0 Å². The van der Waals surface area contributed by atoms with Gasteiger partial charge in [-0.3, -0.25) is 4.79 Å². The number of aromatic nitrogens is 1. The first-order valence-electron chi connectivity index (χ1n) is 7.74. The number of anilines is 1. The minimum absolute atomic E-state index is 0.120. The molecule has 0 saturated carbocycles. The molecule has 4 nitrogen and oxygen atoms in total. The van der Waals surface area contributed by atoms with E-state index in [1.807, 2.05) is 17.0 Å². The molecule has 1 N–H and O–H groups in total. The topological polar surface area (TPSA) is 45.2 Å². The summed E-state index contributed by atoms with van der Waals surface area (Å²) >= 11 is 0. The van der Waals surface area contributed by atoms with Crippen molar-refractivity contribution in [3.63, 3.8) is 0 Å². The fourth-order valence-electron chi connectivity index (χ4n) is 2.72. The van der Waals surface area contributed by atoms with Crippen molar-refractivity contribution in [2.24, 2.45) is 5.92 Å². The number of piperidine rings is 1. The molecule has 0 bridgehead atoms. The second-order valence-corrected chi connectivity index (χ2v) is 5.49. The monoisotopic (exact) mass is 275 g/mol. The maximum atomic E-state index is 12.7. The lowest BCUT2D eigenvalue weighted by molar-refractivity contribution is 0.0672. The van der Waals surface area contributed by atoms with Gasteiger partial charge in [0.25, 0.3) is 5.91 Å². The quantitative estimate of drug-likeness (QED) is 0.897. The number of nitrogens with one attached hydrogen (secondary N) is 1. The highest BCUT2D eigenvalue weighted by atomic mass is 16.2. The molecule has 0 aliphatic carbocycles. The third-order valence-corrected chi connectivity index (χ3v) is 3.96. The summed E-state index contributed by atoms with van der Waals surface area (Å²) in [5.41, 5.74) is 0.706. The van der Waals surface area contributed by atoms with Gasteiger partial charge in [0.15, 0.2) is 0 Å². The number of pyridine rings is 1. The largest absolute Gasteiger partial charge is 0.369 e. The lowest BCUT2D eigenvalue weighted by Gasteiger charge is -2.32. The van der Waals surface area contributed by atoms with Crippen molar-refractivity contribution in [2.45, 2.75) is 39.5 Å². The third kappa shape index (κ3) is 3.50. The van der Waals surface area contributed by atoms with E-state index in [-0.39, 0.29) is 5.91 Å². The van der Waals surface area contributed by atoms with Gasteiger partial charge in [-0.25, -0.2) is 4.98 Å². The average Bonchev–Trinajstić information content (AvgIpc) is 2.52. The molecule has 1 aromatic rings. The average molecular weight is 275 g/mol. The van der Waals surface area contributed by atoms with Gasteiger partial charge in [0.05, 0.1) is 5.56 Å². The molecule has 1 fully saturated rings. The van der Waals surface area contributed by atoms with Crippen LogP contribution in [0.4, 0.5) is 5.82 Å². The molecule has 20 heavy (non-hydrogen) atoms. The van der Waals surface area contributed by atoms with Gasteiger partial charge >= 0.3 is 0 Å². The summed E-state index contributed by atoms with van der Waals surface area (Å²) in [6.45, 7) is 6.91. The SMILES string of the molecule is CCCNc1ncccc1C(=O)N1CCCC(CC)C1. The Hall–Kier alpha value is -1.58.